The molecular weight excluding hydrogens is 308 g/mol. The molecule has 1 amide bonds. The van der Waals surface area contributed by atoms with Crippen LogP contribution in [0, 0.1) is 17.2 Å². The van der Waals surface area contributed by atoms with E-state index in [1.54, 1.807) is 6.08 Å². The average Bonchev–Trinajstić information content (AvgIpc) is 2.55. The zero-order chi connectivity index (χ0) is 16.7. The summed E-state index contributed by atoms with van der Waals surface area (Å²) in [6, 6.07) is 11.6. The Kier molecular flexibility index (Phi) is 6.43. The number of rotatable bonds is 4. The maximum atomic E-state index is 12.3. The van der Waals surface area contributed by atoms with E-state index in [1.165, 1.54) is 12.5 Å². The molecule has 1 aromatic rings. The van der Waals surface area contributed by atoms with Gasteiger partial charge in [0.05, 0.1) is 0 Å². The van der Waals surface area contributed by atoms with Crippen LogP contribution in [-0.4, -0.2) is 11.9 Å². The Morgan fingerprint density at radius 1 is 1.30 bits per heavy atom. The predicted molar refractivity (Wildman–Crippen MR) is 93.5 cm³/mol. The SMILES string of the molecule is C[C@@H]1CCCC[C@@H]1NC(=O)/C(C#N)=C/C(Cl)=C/c1ccccc1. The van der Waals surface area contributed by atoms with Crippen molar-refractivity contribution in [2.24, 2.45) is 5.92 Å². The van der Waals surface area contributed by atoms with Gasteiger partial charge in [-0.2, -0.15) is 5.26 Å². The molecule has 0 heterocycles. The fraction of sp³-hybridized carbons (Fsp3) is 0.368. The Labute approximate surface area is 142 Å². The van der Waals surface area contributed by atoms with E-state index in [4.69, 9.17) is 11.6 Å². The van der Waals surface area contributed by atoms with Crippen LogP contribution in [0.15, 0.2) is 47.0 Å². The number of nitrogens with one attached hydrogen (secondary N) is 1. The van der Waals surface area contributed by atoms with Crippen LogP contribution in [0.25, 0.3) is 6.08 Å². The number of carbonyl (C=O) groups excluding carboxylic acids is 1. The van der Waals surface area contributed by atoms with Crippen LogP contribution in [0.5, 0.6) is 0 Å². The van der Waals surface area contributed by atoms with Gasteiger partial charge in [0, 0.05) is 11.1 Å². The second kappa shape index (κ2) is 8.55. The van der Waals surface area contributed by atoms with Gasteiger partial charge in [-0.3, -0.25) is 4.79 Å². The van der Waals surface area contributed by atoms with Crippen LogP contribution in [0.3, 0.4) is 0 Å². The highest BCUT2D eigenvalue weighted by molar-refractivity contribution is 6.33. The van der Waals surface area contributed by atoms with Crippen LogP contribution in [0.4, 0.5) is 0 Å². The molecule has 0 aromatic heterocycles. The Hall–Kier alpha value is -2.05. The summed E-state index contributed by atoms with van der Waals surface area (Å²) in [5.74, 6) is 0.105. The van der Waals surface area contributed by atoms with Gasteiger partial charge in [-0.05, 0) is 36.5 Å². The lowest BCUT2D eigenvalue weighted by molar-refractivity contribution is -0.118. The smallest absolute Gasteiger partial charge is 0.262 e. The maximum Gasteiger partial charge on any atom is 0.262 e. The summed E-state index contributed by atoms with van der Waals surface area (Å²) in [5.41, 5.74) is 0.965. The quantitative estimate of drug-likeness (QED) is 0.505. The highest BCUT2D eigenvalue weighted by Crippen LogP contribution is 2.24. The molecule has 2 atom stereocenters. The van der Waals surface area contributed by atoms with E-state index >= 15 is 0 Å². The van der Waals surface area contributed by atoms with Crippen molar-refractivity contribution >= 4 is 23.6 Å². The highest BCUT2D eigenvalue weighted by Gasteiger charge is 2.24. The van der Waals surface area contributed by atoms with Crippen molar-refractivity contribution in [3.63, 3.8) is 0 Å². The Morgan fingerprint density at radius 2 is 2.00 bits per heavy atom. The van der Waals surface area contributed by atoms with Crippen molar-refractivity contribution < 1.29 is 4.79 Å². The molecule has 0 saturated heterocycles. The Bertz CT molecular complexity index is 643. The van der Waals surface area contributed by atoms with E-state index in [1.807, 2.05) is 36.4 Å². The van der Waals surface area contributed by atoms with Crippen LogP contribution in [-0.2, 0) is 4.79 Å². The van der Waals surface area contributed by atoms with Crippen molar-refractivity contribution in [2.45, 2.75) is 38.6 Å². The van der Waals surface area contributed by atoms with Gasteiger partial charge in [0.15, 0.2) is 0 Å². The molecule has 2 rings (SSSR count). The average molecular weight is 329 g/mol. The van der Waals surface area contributed by atoms with Gasteiger partial charge in [-0.25, -0.2) is 0 Å². The van der Waals surface area contributed by atoms with Gasteiger partial charge in [-0.15, -0.1) is 0 Å². The first kappa shape index (κ1) is 17.3. The summed E-state index contributed by atoms with van der Waals surface area (Å²) in [6.45, 7) is 2.14. The fourth-order valence-corrected chi connectivity index (χ4v) is 3.05. The van der Waals surface area contributed by atoms with Crippen molar-refractivity contribution in [2.75, 3.05) is 0 Å². The lowest BCUT2D eigenvalue weighted by atomic mass is 9.86. The molecule has 1 aromatic carbocycles. The van der Waals surface area contributed by atoms with E-state index in [0.29, 0.717) is 11.0 Å². The Morgan fingerprint density at radius 3 is 2.65 bits per heavy atom. The van der Waals surface area contributed by atoms with Crippen LogP contribution in [0.2, 0.25) is 0 Å². The summed E-state index contributed by atoms with van der Waals surface area (Å²) < 4.78 is 0. The van der Waals surface area contributed by atoms with Gasteiger partial charge >= 0.3 is 0 Å². The van der Waals surface area contributed by atoms with Crippen molar-refractivity contribution in [1.82, 2.24) is 5.32 Å². The third-order valence-electron chi connectivity index (χ3n) is 4.18. The number of nitrogens with zero attached hydrogens (tertiary/aromatic N) is 1. The first-order valence-corrected chi connectivity index (χ1v) is 8.33. The molecule has 120 valence electrons. The van der Waals surface area contributed by atoms with Crippen LogP contribution >= 0.6 is 11.6 Å². The third-order valence-corrected chi connectivity index (χ3v) is 4.40. The predicted octanol–water partition coefficient (Wildman–Crippen LogP) is 4.41. The molecule has 1 N–H and O–H groups in total. The normalized spacial score (nSPS) is 22.3. The van der Waals surface area contributed by atoms with E-state index in [0.717, 1.165) is 24.8 Å². The molecule has 23 heavy (non-hydrogen) atoms. The molecule has 1 fully saturated rings. The molecule has 0 unspecified atom stereocenters. The maximum absolute atomic E-state index is 12.3. The Balaban J connectivity index is 2.07. The molecule has 1 saturated carbocycles. The van der Waals surface area contributed by atoms with Gasteiger partial charge in [0.25, 0.3) is 5.91 Å². The molecule has 3 nitrogen and oxygen atoms in total. The lowest BCUT2D eigenvalue weighted by Crippen LogP contribution is -2.41. The highest BCUT2D eigenvalue weighted by atomic mass is 35.5. The fourth-order valence-electron chi connectivity index (χ4n) is 2.81. The van der Waals surface area contributed by atoms with Gasteiger partial charge in [0.2, 0.25) is 0 Å². The van der Waals surface area contributed by atoms with Gasteiger partial charge < -0.3 is 5.32 Å². The van der Waals surface area contributed by atoms with E-state index in [9.17, 15) is 10.1 Å². The lowest BCUT2D eigenvalue weighted by Gasteiger charge is -2.29. The first-order valence-electron chi connectivity index (χ1n) is 7.95. The number of halogens is 1. The van der Waals surface area contributed by atoms with Crippen molar-refractivity contribution in [3.05, 3.63) is 52.6 Å². The standard InChI is InChI=1S/C19H21ClN2O/c1-14-7-5-6-10-18(14)22-19(23)16(13-21)12-17(20)11-15-8-3-2-4-9-15/h2-4,8-9,11-12,14,18H,5-7,10H2,1H3,(H,22,23)/b16-12+,17-11-/t14-,18+/m1/s1. The van der Waals surface area contributed by atoms with E-state index < -0.39 is 0 Å². The molecule has 0 radical (unpaired) electrons. The molecule has 4 heteroatoms. The van der Waals surface area contributed by atoms with Gasteiger partial charge in [-0.1, -0.05) is 61.7 Å². The number of nitriles is 1. The molecule has 0 aliphatic heterocycles. The number of hydrogen-bond donors (Lipinski definition) is 1. The summed E-state index contributed by atoms with van der Waals surface area (Å²) in [5, 5.41) is 12.6. The van der Waals surface area contributed by atoms with Crippen molar-refractivity contribution in [3.8, 4) is 6.07 Å². The molecule has 0 bridgehead atoms. The molecular formula is C19H21ClN2O. The van der Waals surface area contributed by atoms with E-state index in [-0.39, 0.29) is 17.5 Å². The number of allylic oxidation sites excluding steroid dienone is 2. The molecule has 1 aliphatic rings. The van der Waals surface area contributed by atoms with Gasteiger partial charge in [0.1, 0.15) is 11.6 Å². The number of amides is 1. The molecule has 1 aliphatic carbocycles. The summed E-state index contributed by atoms with van der Waals surface area (Å²) in [7, 11) is 0. The third kappa shape index (κ3) is 5.26. The zero-order valence-corrected chi connectivity index (χ0v) is 14.0. The second-order valence-electron chi connectivity index (χ2n) is 5.95. The number of carbonyl (C=O) groups is 1. The largest absolute Gasteiger partial charge is 0.348 e. The minimum absolute atomic E-state index is 0.0416. The summed E-state index contributed by atoms with van der Waals surface area (Å²) in [4.78, 5) is 12.3. The first-order chi connectivity index (χ1) is 11.1. The summed E-state index contributed by atoms with van der Waals surface area (Å²) >= 11 is 6.16. The monoisotopic (exact) mass is 328 g/mol. The minimum Gasteiger partial charge on any atom is -0.348 e. The zero-order valence-electron chi connectivity index (χ0n) is 13.3. The second-order valence-corrected chi connectivity index (χ2v) is 6.39. The topological polar surface area (TPSA) is 52.9 Å². The van der Waals surface area contributed by atoms with Crippen LogP contribution < -0.4 is 5.32 Å². The number of hydrogen-bond acceptors (Lipinski definition) is 2. The minimum atomic E-state index is -0.342. The van der Waals surface area contributed by atoms with Crippen molar-refractivity contribution in [1.29, 1.82) is 5.26 Å². The van der Waals surface area contributed by atoms with Crippen LogP contribution in [0.1, 0.15) is 38.2 Å². The summed E-state index contributed by atoms with van der Waals surface area (Å²) in [6.07, 6.45) is 7.58. The number of benzene rings is 1. The van der Waals surface area contributed by atoms with E-state index in [2.05, 4.69) is 12.2 Å². The molecule has 0 spiro atoms.